The number of piperidine rings is 1. The molecule has 1 saturated heterocycles. The van der Waals surface area contributed by atoms with Crippen LogP contribution in [0.1, 0.15) is 37.2 Å². The van der Waals surface area contributed by atoms with Crippen molar-refractivity contribution in [1.82, 2.24) is 14.9 Å². The lowest BCUT2D eigenvalue weighted by Gasteiger charge is -2.29. The average Bonchev–Trinajstić information content (AvgIpc) is 3.23. The number of carbonyl (C=O) groups is 3. The summed E-state index contributed by atoms with van der Waals surface area (Å²) in [5, 5.41) is 4.88. The lowest BCUT2D eigenvalue weighted by molar-refractivity contribution is -0.126. The molecule has 1 aromatic heterocycles. The van der Waals surface area contributed by atoms with Gasteiger partial charge in [-0.05, 0) is 38.8 Å². The first-order valence-corrected chi connectivity index (χ1v) is 11.2. The summed E-state index contributed by atoms with van der Waals surface area (Å²) in [4.78, 5) is 35.1. The van der Waals surface area contributed by atoms with E-state index in [-0.39, 0.29) is 62.1 Å². The highest BCUT2D eigenvalue weighted by Crippen LogP contribution is 2.25. The molecule has 1 aliphatic rings. The van der Waals surface area contributed by atoms with Crippen LogP contribution >= 0.6 is 0 Å². The number of hydrogen-bond donors (Lipinski definition) is 2. The van der Waals surface area contributed by atoms with Crippen LogP contribution in [0, 0.1) is 5.92 Å². The molecule has 0 bridgehead atoms. The Morgan fingerprint density at radius 2 is 1.70 bits per heavy atom. The fourth-order valence-corrected chi connectivity index (χ4v) is 4.31. The molecule has 0 aromatic carbocycles. The molecular formula is C18H27N3O8S. The number of rotatable bonds is 9. The number of hydrogen-bond acceptors (Lipinski definition) is 8. The third kappa shape index (κ3) is 6.20. The fourth-order valence-electron chi connectivity index (χ4n) is 2.93. The maximum absolute atomic E-state index is 12.7. The predicted octanol–water partition coefficient (Wildman–Crippen LogP) is 0.719. The van der Waals surface area contributed by atoms with E-state index in [1.807, 2.05) is 0 Å². The maximum atomic E-state index is 12.7. The van der Waals surface area contributed by atoms with E-state index in [2.05, 4.69) is 10.6 Å². The molecule has 2 N–H and O–H groups in total. The summed E-state index contributed by atoms with van der Waals surface area (Å²) in [5.74, 6) is -1.43. The van der Waals surface area contributed by atoms with Gasteiger partial charge in [-0.15, -0.1) is 0 Å². The molecule has 11 nitrogen and oxygen atoms in total. The van der Waals surface area contributed by atoms with Crippen LogP contribution in [0.2, 0.25) is 0 Å². The summed E-state index contributed by atoms with van der Waals surface area (Å²) in [6.07, 6.45) is 0.151. The number of sulfonamides is 1. The third-order valence-corrected chi connectivity index (χ3v) is 6.22. The minimum Gasteiger partial charge on any atom is -0.460 e. The molecule has 2 heterocycles. The standard InChI is InChI=1S/C18H27N3O8S/c1-3-27-17(23)14-5-6-15(29-14)30(25,26)21-11-7-13(8-12-21)16(22)19-9-10-20-18(24)28-4-2/h5-6,13H,3-4,7-12H2,1-2H3,(H,19,22)(H,20,24). The van der Waals surface area contributed by atoms with Gasteiger partial charge in [-0.3, -0.25) is 4.79 Å². The smallest absolute Gasteiger partial charge is 0.407 e. The van der Waals surface area contributed by atoms with Crippen molar-refractivity contribution >= 4 is 28.0 Å². The van der Waals surface area contributed by atoms with Crippen molar-refractivity contribution in [2.75, 3.05) is 39.4 Å². The molecule has 12 heteroatoms. The number of esters is 1. The van der Waals surface area contributed by atoms with Gasteiger partial charge in [0.05, 0.1) is 13.2 Å². The molecule has 0 saturated carbocycles. The fraction of sp³-hybridized carbons (Fsp3) is 0.611. The highest BCUT2D eigenvalue weighted by atomic mass is 32.2. The van der Waals surface area contributed by atoms with E-state index in [4.69, 9.17) is 13.9 Å². The van der Waals surface area contributed by atoms with Crippen molar-refractivity contribution in [3.63, 3.8) is 0 Å². The zero-order valence-electron chi connectivity index (χ0n) is 17.0. The van der Waals surface area contributed by atoms with Crippen LogP contribution in [0.5, 0.6) is 0 Å². The Labute approximate surface area is 175 Å². The molecular weight excluding hydrogens is 418 g/mol. The van der Waals surface area contributed by atoms with Crippen LogP contribution in [-0.4, -0.2) is 70.1 Å². The van der Waals surface area contributed by atoms with Gasteiger partial charge in [-0.25, -0.2) is 18.0 Å². The lowest BCUT2D eigenvalue weighted by Crippen LogP contribution is -2.44. The first-order chi connectivity index (χ1) is 14.3. The highest BCUT2D eigenvalue weighted by Gasteiger charge is 2.34. The van der Waals surface area contributed by atoms with E-state index in [9.17, 15) is 22.8 Å². The minimum atomic E-state index is -3.91. The summed E-state index contributed by atoms with van der Waals surface area (Å²) >= 11 is 0. The van der Waals surface area contributed by atoms with E-state index >= 15 is 0 Å². The molecule has 1 aromatic rings. The molecule has 0 radical (unpaired) electrons. The quantitative estimate of drug-likeness (QED) is 0.418. The lowest BCUT2D eigenvalue weighted by atomic mass is 9.97. The van der Waals surface area contributed by atoms with E-state index in [1.165, 1.54) is 16.4 Å². The zero-order valence-corrected chi connectivity index (χ0v) is 17.8. The number of alkyl carbamates (subject to hydrolysis) is 1. The first-order valence-electron chi connectivity index (χ1n) is 9.75. The summed E-state index contributed by atoms with van der Waals surface area (Å²) in [7, 11) is -3.91. The van der Waals surface area contributed by atoms with E-state index in [0.29, 0.717) is 12.8 Å². The molecule has 0 aliphatic carbocycles. The Bertz CT molecular complexity index is 843. The Balaban J connectivity index is 1.82. The molecule has 0 unspecified atom stereocenters. The highest BCUT2D eigenvalue weighted by molar-refractivity contribution is 7.89. The Hall–Kier alpha value is -2.60. The largest absolute Gasteiger partial charge is 0.460 e. The van der Waals surface area contributed by atoms with Crippen LogP contribution in [0.25, 0.3) is 0 Å². The summed E-state index contributed by atoms with van der Waals surface area (Å²) in [5.41, 5.74) is 0. The van der Waals surface area contributed by atoms with Gasteiger partial charge in [0, 0.05) is 32.1 Å². The normalized spacial score (nSPS) is 15.4. The second-order valence-corrected chi connectivity index (χ2v) is 8.32. The van der Waals surface area contributed by atoms with Crippen molar-refractivity contribution in [2.45, 2.75) is 31.8 Å². The maximum Gasteiger partial charge on any atom is 0.407 e. The second kappa shape index (κ2) is 11.0. The molecule has 2 amide bonds. The number of furan rings is 1. The molecule has 0 atom stereocenters. The molecule has 30 heavy (non-hydrogen) atoms. The SMILES string of the molecule is CCOC(=O)NCCNC(=O)C1CCN(S(=O)(=O)c2ccc(C(=O)OCC)o2)CC1. The molecule has 2 rings (SSSR count). The number of amides is 2. The second-order valence-electron chi connectivity index (χ2n) is 6.46. The van der Waals surface area contributed by atoms with Gasteiger partial charge in [0.1, 0.15) is 0 Å². The van der Waals surface area contributed by atoms with E-state index in [0.717, 1.165) is 0 Å². The van der Waals surface area contributed by atoms with Gasteiger partial charge in [-0.2, -0.15) is 4.31 Å². The van der Waals surface area contributed by atoms with Gasteiger partial charge in [-0.1, -0.05) is 0 Å². The summed E-state index contributed by atoms with van der Waals surface area (Å²) < 4.78 is 41.3. The van der Waals surface area contributed by atoms with Crippen LogP contribution in [0.4, 0.5) is 4.79 Å². The van der Waals surface area contributed by atoms with Gasteiger partial charge in [0.25, 0.3) is 10.0 Å². The summed E-state index contributed by atoms with van der Waals surface area (Å²) in [6, 6.07) is 2.48. The molecule has 1 aliphatic heterocycles. The van der Waals surface area contributed by atoms with Crippen LogP contribution in [0.15, 0.2) is 21.6 Å². The van der Waals surface area contributed by atoms with Crippen molar-refractivity contribution in [3.8, 4) is 0 Å². The Morgan fingerprint density at radius 1 is 1.07 bits per heavy atom. The van der Waals surface area contributed by atoms with Crippen molar-refractivity contribution in [1.29, 1.82) is 0 Å². The summed E-state index contributed by atoms with van der Waals surface area (Å²) in [6.45, 7) is 4.53. The van der Waals surface area contributed by atoms with Crippen LogP contribution < -0.4 is 10.6 Å². The van der Waals surface area contributed by atoms with E-state index in [1.54, 1.807) is 13.8 Å². The van der Waals surface area contributed by atoms with Gasteiger partial charge < -0.3 is 24.5 Å². The van der Waals surface area contributed by atoms with Crippen LogP contribution in [-0.2, 0) is 24.3 Å². The van der Waals surface area contributed by atoms with Crippen molar-refractivity contribution in [3.05, 3.63) is 17.9 Å². The Morgan fingerprint density at radius 3 is 2.33 bits per heavy atom. The molecule has 1 fully saturated rings. The first kappa shape index (κ1) is 23.7. The van der Waals surface area contributed by atoms with Gasteiger partial charge in [0.2, 0.25) is 16.8 Å². The van der Waals surface area contributed by atoms with E-state index < -0.39 is 22.1 Å². The Kier molecular flexibility index (Phi) is 8.66. The molecule has 168 valence electrons. The topological polar surface area (TPSA) is 144 Å². The third-order valence-electron chi connectivity index (χ3n) is 4.45. The van der Waals surface area contributed by atoms with Crippen LogP contribution in [0.3, 0.4) is 0 Å². The van der Waals surface area contributed by atoms with Gasteiger partial charge in [0.15, 0.2) is 0 Å². The number of ether oxygens (including phenoxy) is 2. The minimum absolute atomic E-state index is 0.149. The number of nitrogens with zero attached hydrogens (tertiary/aromatic N) is 1. The monoisotopic (exact) mass is 445 g/mol. The van der Waals surface area contributed by atoms with Crippen molar-refractivity contribution in [2.24, 2.45) is 5.92 Å². The van der Waals surface area contributed by atoms with Gasteiger partial charge >= 0.3 is 12.1 Å². The van der Waals surface area contributed by atoms with Crippen molar-refractivity contribution < 1.29 is 36.7 Å². The molecule has 0 spiro atoms. The average molecular weight is 445 g/mol. The zero-order chi connectivity index (χ0) is 22.1. The number of carbonyl (C=O) groups excluding carboxylic acids is 3. The predicted molar refractivity (Wildman–Crippen MR) is 104 cm³/mol. The number of nitrogens with one attached hydrogen (secondary N) is 2.